The zero-order chi connectivity index (χ0) is 15.6. The number of halogens is 1. The van der Waals surface area contributed by atoms with Gasteiger partial charge < -0.3 is 21.1 Å². The standard InChI is InChI=1S/C12H17ClN6O2/c1-21-12(20)18-5-7(6-18)11(15)17-19(16)8-2-3-9(13)10(14)4-8/h2-4,7H,5-6,14,16H2,1H3,(H2,15,17). The van der Waals surface area contributed by atoms with E-state index in [2.05, 4.69) is 9.84 Å². The molecule has 114 valence electrons. The van der Waals surface area contributed by atoms with E-state index in [1.807, 2.05) is 0 Å². The first-order valence-electron chi connectivity index (χ1n) is 6.19. The first-order valence-corrected chi connectivity index (χ1v) is 6.57. The number of likely N-dealkylation sites (tertiary alicyclic amines) is 1. The van der Waals surface area contributed by atoms with Crippen molar-refractivity contribution < 1.29 is 9.53 Å². The molecule has 2 rings (SSSR count). The van der Waals surface area contributed by atoms with Gasteiger partial charge in [0.2, 0.25) is 0 Å². The summed E-state index contributed by atoms with van der Waals surface area (Å²) in [6.45, 7) is 0.914. The Morgan fingerprint density at radius 3 is 2.76 bits per heavy atom. The third-order valence-corrected chi connectivity index (χ3v) is 3.54. The quantitative estimate of drug-likeness (QED) is 0.246. The largest absolute Gasteiger partial charge is 0.453 e. The molecule has 1 fully saturated rings. The van der Waals surface area contributed by atoms with Gasteiger partial charge in [-0.25, -0.2) is 10.6 Å². The summed E-state index contributed by atoms with van der Waals surface area (Å²) in [7, 11) is 1.33. The smallest absolute Gasteiger partial charge is 0.409 e. The molecular weight excluding hydrogens is 296 g/mol. The number of amidine groups is 1. The molecule has 8 nitrogen and oxygen atoms in total. The molecule has 0 aromatic heterocycles. The molecule has 0 radical (unpaired) electrons. The minimum atomic E-state index is -0.380. The maximum absolute atomic E-state index is 11.2. The van der Waals surface area contributed by atoms with Gasteiger partial charge in [-0.2, -0.15) is 5.12 Å². The molecule has 1 amide bonds. The van der Waals surface area contributed by atoms with E-state index in [1.54, 1.807) is 18.2 Å². The molecule has 21 heavy (non-hydrogen) atoms. The zero-order valence-corrected chi connectivity index (χ0v) is 12.2. The number of methoxy groups -OCH3 is 1. The number of anilines is 2. The first-order chi connectivity index (χ1) is 9.92. The molecule has 1 saturated heterocycles. The molecule has 0 saturated carbocycles. The van der Waals surface area contributed by atoms with Crippen LogP contribution in [-0.2, 0) is 4.74 Å². The minimum absolute atomic E-state index is 0.0419. The summed E-state index contributed by atoms with van der Waals surface area (Å²) in [6, 6.07) is 4.90. The van der Waals surface area contributed by atoms with E-state index >= 15 is 0 Å². The van der Waals surface area contributed by atoms with Crippen LogP contribution in [0.4, 0.5) is 16.2 Å². The molecule has 9 heteroatoms. The fourth-order valence-corrected chi connectivity index (χ4v) is 2.00. The number of amides is 1. The Morgan fingerprint density at radius 2 is 2.19 bits per heavy atom. The number of carbonyl (C=O) groups excluding carboxylic acids is 1. The molecule has 0 atom stereocenters. The first kappa shape index (κ1) is 15.2. The molecule has 0 aliphatic carbocycles. The van der Waals surface area contributed by atoms with Gasteiger partial charge in [-0.05, 0) is 18.2 Å². The number of nitrogens with two attached hydrogens (primary N) is 3. The molecule has 0 unspecified atom stereocenters. The lowest BCUT2D eigenvalue weighted by atomic mass is 10.00. The van der Waals surface area contributed by atoms with Crippen LogP contribution in [0.25, 0.3) is 0 Å². The Kier molecular flexibility index (Phi) is 4.39. The molecular formula is C12H17ClN6O2. The van der Waals surface area contributed by atoms with Crippen LogP contribution in [0.2, 0.25) is 5.02 Å². The van der Waals surface area contributed by atoms with E-state index < -0.39 is 0 Å². The fraction of sp³-hybridized carbons (Fsp3) is 0.333. The van der Waals surface area contributed by atoms with Crippen molar-refractivity contribution in [3.8, 4) is 0 Å². The highest BCUT2D eigenvalue weighted by Gasteiger charge is 2.34. The fourth-order valence-electron chi connectivity index (χ4n) is 1.88. The van der Waals surface area contributed by atoms with Crippen LogP contribution in [0.15, 0.2) is 23.3 Å². The van der Waals surface area contributed by atoms with E-state index in [1.165, 1.54) is 12.0 Å². The summed E-state index contributed by atoms with van der Waals surface area (Å²) in [4.78, 5) is 12.8. The molecule has 0 spiro atoms. The van der Waals surface area contributed by atoms with Crippen LogP contribution in [0, 0.1) is 5.92 Å². The lowest BCUT2D eigenvalue weighted by molar-refractivity contribution is 0.0852. The summed E-state index contributed by atoms with van der Waals surface area (Å²) in [6.07, 6.45) is -0.380. The Balaban J connectivity index is 1.99. The molecule has 1 aromatic rings. The Morgan fingerprint density at radius 1 is 1.52 bits per heavy atom. The van der Waals surface area contributed by atoms with Gasteiger partial charge in [0, 0.05) is 13.1 Å². The van der Waals surface area contributed by atoms with Crippen molar-refractivity contribution in [2.24, 2.45) is 22.6 Å². The van der Waals surface area contributed by atoms with Crippen LogP contribution < -0.4 is 22.4 Å². The number of carbonyl (C=O) groups is 1. The highest BCUT2D eigenvalue weighted by Crippen LogP contribution is 2.24. The Bertz CT molecular complexity index is 573. The maximum atomic E-state index is 11.2. The van der Waals surface area contributed by atoms with E-state index in [0.717, 1.165) is 5.12 Å². The topological polar surface area (TPSA) is 123 Å². The monoisotopic (exact) mass is 312 g/mol. The van der Waals surface area contributed by atoms with Gasteiger partial charge >= 0.3 is 6.09 Å². The number of nitrogen functional groups attached to an aromatic ring is 1. The van der Waals surface area contributed by atoms with Gasteiger partial charge in [0.25, 0.3) is 0 Å². The van der Waals surface area contributed by atoms with Crippen LogP contribution in [0.1, 0.15) is 0 Å². The van der Waals surface area contributed by atoms with Crippen molar-refractivity contribution in [2.75, 3.05) is 31.1 Å². The summed E-state index contributed by atoms with van der Waals surface area (Å²) in [5.41, 5.74) is 12.5. The second-order valence-corrected chi connectivity index (χ2v) is 5.05. The van der Waals surface area contributed by atoms with Gasteiger partial charge in [0.15, 0.2) is 0 Å². The van der Waals surface area contributed by atoms with Crippen molar-refractivity contribution >= 4 is 34.9 Å². The number of rotatable bonds is 3. The van der Waals surface area contributed by atoms with Gasteiger partial charge in [0.05, 0.1) is 29.4 Å². The Hall–Kier alpha value is -2.19. The molecule has 1 aliphatic rings. The average Bonchev–Trinajstić information content (AvgIpc) is 2.39. The second-order valence-electron chi connectivity index (χ2n) is 4.65. The van der Waals surface area contributed by atoms with Crippen molar-refractivity contribution in [2.45, 2.75) is 0 Å². The van der Waals surface area contributed by atoms with Crippen LogP contribution >= 0.6 is 11.6 Å². The molecule has 1 aliphatic heterocycles. The predicted octanol–water partition coefficient (Wildman–Crippen LogP) is 0.573. The highest BCUT2D eigenvalue weighted by atomic mass is 35.5. The number of hydrogen-bond donors (Lipinski definition) is 3. The predicted molar refractivity (Wildman–Crippen MR) is 81.6 cm³/mol. The van der Waals surface area contributed by atoms with Gasteiger partial charge in [0.1, 0.15) is 5.84 Å². The van der Waals surface area contributed by atoms with Gasteiger partial charge in [-0.1, -0.05) is 11.6 Å². The lowest BCUT2D eigenvalue weighted by Crippen LogP contribution is -2.55. The van der Waals surface area contributed by atoms with Crippen LogP contribution in [0.3, 0.4) is 0 Å². The third kappa shape index (κ3) is 3.29. The number of nitrogens with zero attached hydrogens (tertiary/aromatic N) is 3. The molecule has 1 heterocycles. The number of hydrazone groups is 1. The van der Waals surface area contributed by atoms with Crippen molar-refractivity contribution in [1.82, 2.24) is 4.90 Å². The van der Waals surface area contributed by atoms with Crippen LogP contribution in [0.5, 0.6) is 0 Å². The molecule has 6 N–H and O–H groups in total. The van der Waals surface area contributed by atoms with E-state index in [9.17, 15) is 4.79 Å². The number of benzene rings is 1. The van der Waals surface area contributed by atoms with Gasteiger partial charge in [-0.15, -0.1) is 5.10 Å². The van der Waals surface area contributed by atoms with Gasteiger partial charge in [-0.3, -0.25) is 0 Å². The maximum Gasteiger partial charge on any atom is 0.409 e. The normalized spacial score (nSPS) is 15.6. The number of ether oxygens (including phenoxy) is 1. The zero-order valence-electron chi connectivity index (χ0n) is 11.5. The summed E-state index contributed by atoms with van der Waals surface area (Å²) >= 11 is 5.84. The molecule has 0 bridgehead atoms. The SMILES string of the molecule is COC(=O)N1CC(/C(N)=N/N(N)c2ccc(Cl)c(N)c2)C1. The van der Waals surface area contributed by atoms with E-state index in [4.69, 9.17) is 28.9 Å². The van der Waals surface area contributed by atoms with E-state index in [0.29, 0.717) is 35.3 Å². The summed E-state index contributed by atoms with van der Waals surface area (Å²) in [5, 5.41) is 5.66. The van der Waals surface area contributed by atoms with Crippen molar-refractivity contribution in [1.29, 1.82) is 0 Å². The average molecular weight is 313 g/mol. The van der Waals surface area contributed by atoms with Crippen LogP contribution in [-0.4, -0.2) is 37.0 Å². The summed E-state index contributed by atoms with van der Waals surface area (Å²) < 4.78 is 4.60. The highest BCUT2D eigenvalue weighted by molar-refractivity contribution is 6.33. The Labute approximate surface area is 127 Å². The number of hydrogen-bond acceptors (Lipinski definition) is 6. The van der Waals surface area contributed by atoms with E-state index in [-0.39, 0.29) is 12.0 Å². The van der Waals surface area contributed by atoms with Crippen molar-refractivity contribution in [3.63, 3.8) is 0 Å². The number of hydrazine groups is 1. The lowest BCUT2D eigenvalue weighted by Gasteiger charge is -2.37. The summed E-state index contributed by atoms with van der Waals surface area (Å²) in [5.74, 6) is 6.11. The second kappa shape index (κ2) is 6.06. The molecule has 1 aromatic carbocycles. The third-order valence-electron chi connectivity index (χ3n) is 3.20. The van der Waals surface area contributed by atoms with Crippen molar-refractivity contribution in [3.05, 3.63) is 23.2 Å². The minimum Gasteiger partial charge on any atom is -0.453 e.